The van der Waals surface area contributed by atoms with E-state index in [2.05, 4.69) is 4.90 Å². The molecule has 0 bridgehead atoms. The van der Waals surface area contributed by atoms with Gasteiger partial charge in [-0.3, -0.25) is 0 Å². The monoisotopic (exact) mass is 208 g/mol. The molecule has 2 nitrogen and oxygen atoms in total. The van der Waals surface area contributed by atoms with Crippen LogP contribution in [0.3, 0.4) is 0 Å². The zero-order valence-corrected chi connectivity index (χ0v) is 8.99. The van der Waals surface area contributed by atoms with E-state index in [0.717, 1.165) is 25.2 Å². The molecule has 1 fully saturated rings. The number of nitrogens with zero attached hydrogens (tertiary/aromatic N) is 1. The number of anilines is 1. The third-order valence-corrected chi connectivity index (χ3v) is 3.14. The standard InChI is InChI=1S/C12H17FN2/c1-9(14)10-5-6-15(8-10)12-4-2-3-11(13)7-12/h2-4,7,9-10H,5-6,8,14H2,1H3. The lowest BCUT2D eigenvalue weighted by Gasteiger charge is -2.19. The van der Waals surface area contributed by atoms with Crippen LogP contribution in [0.2, 0.25) is 0 Å². The van der Waals surface area contributed by atoms with E-state index < -0.39 is 0 Å². The first kappa shape index (κ1) is 10.4. The van der Waals surface area contributed by atoms with Gasteiger partial charge < -0.3 is 10.6 Å². The maximum absolute atomic E-state index is 13.0. The van der Waals surface area contributed by atoms with Crippen LogP contribution in [0.5, 0.6) is 0 Å². The summed E-state index contributed by atoms with van der Waals surface area (Å²) in [5.74, 6) is 0.366. The highest BCUT2D eigenvalue weighted by atomic mass is 19.1. The van der Waals surface area contributed by atoms with Crippen LogP contribution in [0.4, 0.5) is 10.1 Å². The van der Waals surface area contributed by atoms with Gasteiger partial charge >= 0.3 is 0 Å². The number of halogens is 1. The van der Waals surface area contributed by atoms with Gasteiger partial charge in [0, 0.05) is 24.8 Å². The Morgan fingerprint density at radius 2 is 2.33 bits per heavy atom. The number of rotatable bonds is 2. The predicted octanol–water partition coefficient (Wildman–Crippen LogP) is 2.00. The fourth-order valence-corrected chi connectivity index (χ4v) is 2.12. The molecule has 0 radical (unpaired) electrons. The van der Waals surface area contributed by atoms with Crippen molar-refractivity contribution in [3.8, 4) is 0 Å². The molecule has 1 aromatic rings. The molecule has 0 aliphatic carbocycles. The topological polar surface area (TPSA) is 29.3 Å². The van der Waals surface area contributed by atoms with Crippen LogP contribution in [0.25, 0.3) is 0 Å². The van der Waals surface area contributed by atoms with E-state index >= 15 is 0 Å². The summed E-state index contributed by atoms with van der Waals surface area (Å²) in [4.78, 5) is 2.21. The minimum Gasteiger partial charge on any atom is -0.371 e. The first-order valence-corrected chi connectivity index (χ1v) is 5.43. The second-order valence-electron chi connectivity index (χ2n) is 4.33. The molecule has 82 valence electrons. The normalized spacial score (nSPS) is 23.1. The van der Waals surface area contributed by atoms with Crippen molar-refractivity contribution in [1.29, 1.82) is 0 Å². The van der Waals surface area contributed by atoms with Crippen LogP contribution in [0.1, 0.15) is 13.3 Å². The van der Waals surface area contributed by atoms with E-state index in [1.165, 1.54) is 6.07 Å². The minimum atomic E-state index is -0.170. The molecule has 1 aliphatic heterocycles. The van der Waals surface area contributed by atoms with Crippen molar-refractivity contribution in [2.45, 2.75) is 19.4 Å². The van der Waals surface area contributed by atoms with Crippen molar-refractivity contribution in [2.24, 2.45) is 11.7 Å². The third kappa shape index (κ3) is 2.29. The minimum absolute atomic E-state index is 0.170. The van der Waals surface area contributed by atoms with Gasteiger partial charge in [0.25, 0.3) is 0 Å². The average molecular weight is 208 g/mol. The number of benzene rings is 1. The highest BCUT2D eigenvalue weighted by Crippen LogP contribution is 2.25. The van der Waals surface area contributed by atoms with Gasteiger partial charge in [-0.2, -0.15) is 0 Å². The van der Waals surface area contributed by atoms with Crippen molar-refractivity contribution < 1.29 is 4.39 Å². The first-order valence-electron chi connectivity index (χ1n) is 5.43. The lowest BCUT2D eigenvalue weighted by atomic mass is 10.0. The highest BCUT2D eigenvalue weighted by molar-refractivity contribution is 5.47. The maximum Gasteiger partial charge on any atom is 0.125 e. The van der Waals surface area contributed by atoms with Gasteiger partial charge in [-0.1, -0.05) is 6.07 Å². The molecule has 3 heteroatoms. The Morgan fingerprint density at radius 3 is 2.93 bits per heavy atom. The molecule has 15 heavy (non-hydrogen) atoms. The van der Waals surface area contributed by atoms with Gasteiger partial charge in [0.05, 0.1) is 0 Å². The van der Waals surface area contributed by atoms with E-state index in [1.807, 2.05) is 13.0 Å². The Balaban J connectivity index is 2.08. The molecule has 2 rings (SSSR count). The lowest BCUT2D eigenvalue weighted by Crippen LogP contribution is -2.29. The number of hydrogen-bond donors (Lipinski definition) is 1. The molecule has 0 saturated carbocycles. The van der Waals surface area contributed by atoms with Gasteiger partial charge in [0.1, 0.15) is 5.82 Å². The Bertz CT molecular complexity index is 338. The second-order valence-corrected chi connectivity index (χ2v) is 4.33. The average Bonchev–Trinajstić information content (AvgIpc) is 2.66. The Labute approximate surface area is 89.9 Å². The van der Waals surface area contributed by atoms with E-state index in [-0.39, 0.29) is 11.9 Å². The fourth-order valence-electron chi connectivity index (χ4n) is 2.12. The molecular weight excluding hydrogens is 191 g/mol. The molecule has 0 spiro atoms. The molecule has 1 aliphatic rings. The van der Waals surface area contributed by atoms with Crippen molar-refractivity contribution >= 4 is 5.69 Å². The number of hydrogen-bond acceptors (Lipinski definition) is 2. The van der Waals surface area contributed by atoms with E-state index in [9.17, 15) is 4.39 Å². The summed E-state index contributed by atoms with van der Waals surface area (Å²) >= 11 is 0. The zero-order chi connectivity index (χ0) is 10.8. The predicted molar refractivity (Wildman–Crippen MR) is 60.4 cm³/mol. The van der Waals surface area contributed by atoms with E-state index in [1.54, 1.807) is 12.1 Å². The Morgan fingerprint density at radius 1 is 1.53 bits per heavy atom. The third-order valence-electron chi connectivity index (χ3n) is 3.14. The highest BCUT2D eigenvalue weighted by Gasteiger charge is 2.25. The van der Waals surface area contributed by atoms with Crippen LogP contribution < -0.4 is 10.6 Å². The zero-order valence-electron chi connectivity index (χ0n) is 8.99. The van der Waals surface area contributed by atoms with Crippen LogP contribution in [-0.2, 0) is 0 Å². The quantitative estimate of drug-likeness (QED) is 0.805. The van der Waals surface area contributed by atoms with Crippen molar-refractivity contribution in [3.05, 3.63) is 30.1 Å². The van der Waals surface area contributed by atoms with Crippen molar-refractivity contribution in [1.82, 2.24) is 0 Å². The smallest absolute Gasteiger partial charge is 0.125 e. The van der Waals surface area contributed by atoms with Gasteiger partial charge in [-0.25, -0.2) is 4.39 Å². The maximum atomic E-state index is 13.0. The molecule has 2 unspecified atom stereocenters. The summed E-state index contributed by atoms with van der Waals surface area (Å²) in [5.41, 5.74) is 6.84. The second kappa shape index (κ2) is 4.19. The van der Waals surface area contributed by atoms with E-state index in [4.69, 9.17) is 5.73 Å². The molecule has 0 aromatic heterocycles. The van der Waals surface area contributed by atoms with Crippen LogP contribution in [-0.4, -0.2) is 19.1 Å². The molecule has 1 saturated heterocycles. The van der Waals surface area contributed by atoms with Gasteiger partial charge in [0.15, 0.2) is 0 Å². The SMILES string of the molecule is CC(N)C1CCN(c2cccc(F)c2)C1. The van der Waals surface area contributed by atoms with Crippen molar-refractivity contribution in [3.63, 3.8) is 0 Å². The Hall–Kier alpha value is -1.09. The summed E-state index contributed by atoms with van der Waals surface area (Å²) in [6.07, 6.45) is 1.11. The van der Waals surface area contributed by atoms with E-state index in [0.29, 0.717) is 5.92 Å². The molecule has 2 N–H and O–H groups in total. The van der Waals surface area contributed by atoms with Crippen LogP contribution in [0.15, 0.2) is 24.3 Å². The van der Waals surface area contributed by atoms with Gasteiger partial charge in [-0.05, 0) is 37.5 Å². The largest absolute Gasteiger partial charge is 0.371 e. The van der Waals surface area contributed by atoms with Crippen LogP contribution in [0, 0.1) is 11.7 Å². The van der Waals surface area contributed by atoms with Crippen molar-refractivity contribution in [2.75, 3.05) is 18.0 Å². The Kier molecular flexibility index (Phi) is 2.91. The van der Waals surface area contributed by atoms with Crippen LogP contribution >= 0.6 is 0 Å². The number of nitrogens with two attached hydrogens (primary N) is 1. The summed E-state index contributed by atoms with van der Waals surface area (Å²) in [6.45, 7) is 3.97. The first-order chi connectivity index (χ1) is 7.16. The lowest BCUT2D eigenvalue weighted by molar-refractivity contribution is 0.488. The summed E-state index contributed by atoms with van der Waals surface area (Å²) < 4.78 is 13.0. The molecule has 1 aromatic carbocycles. The molecule has 0 amide bonds. The summed E-state index contributed by atoms with van der Waals surface area (Å²) in [6, 6.07) is 6.99. The van der Waals surface area contributed by atoms with Gasteiger partial charge in [-0.15, -0.1) is 0 Å². The fraction of sp³-hybridized carbons (Fsp3) is 0.500. The molecule has 1 heterocycles. The summed E-state index contributed by atoms with van der Waals surface area (Å²) in [5, 5.41) is 0. The summed E-state index contributed by atoms with van der Waals surface area (Å²) in [7, 11) is 0. The molecular formula is C12H17FN2. The molecule has 2 atom stereocenters. The van der Waals surface area contributed by atoms with Gasteiger partial charge in [0.2, 0.25) is 0 Å².